The standard InChI is InChI=1S/C18H25N3O/c1-2-18-19-15-8-7-14(13-16(15)20-18)17(22)9-12-21-10-5-3-4-6-11-21/h7-8,13H,2-6,9-12H2,1H3,(H,19,20). The smallest absolute Gasteiger partial charge is 0.164 e. The van der Waals surface area contributed by atoms with Crippen LogP contribution in [0, 0.1) is 0 Å². The Bertz CT molecular complexity index is 639. The molecule has 1 fully saturated rings. The van der Waals surface area contributed by atoms with Gasteiger partial charge in [-0.25, -0.2) is 4.98 Å². The monoisotopic (exact) mass is 299 g/mol. The van der Waals surface area contributed by atoms with Gasteiger partial charge in [-0.2, -0.15) is 0 Å². The summed E-state index contributed by atoms with van der Waals surface area (Å²) in [6.07, 6.45) is 6.71. The highest BCUT2D eigenvalue weighted by atomic mass is 16.1. The summed E-state index contributed by atoms with van der Waals surface area (Å²) < 4.78 is 0. The molecule has 1 aromatic heterocycles. The summed E-state index contributed by atoms with van der Waals surface area (Å²) in [6.45, 7) is 5.25. The van der Waals surface area contributed by atoms with Gasteiger partial charge in [-0.3, -0.25) is 4.79 Å². The number of ketones is 1. The fourth-order valence-electron chi connectivity index (χ4n) is 3.17. The van der Waals surface area contributed by atoms with Crippen LogP contribution in [0.5, 0.6) is 0 Å². The van der Waals surface area contributed by atoms with E-state index in [1.54, 1.807) is 0 Å². The first kappa shape index (κ1) is 15.2. The van der Waals surface area contributed by atoms with Gasteiger partial charge in [0.1, 0.15) is 5.82 Å². The molecule has 4 heteroatoms. The number of aryl methyl sites for hydroxylation is 1. The number of nitrogens with one attached hydrogen (secondary N) is 1. The van der Waals surface area contributed by atoms with E-state index in [-0.39, 0.29) is 5.78 Å². The van der Waals surface area contributed by atoms with Gasteiger partial charge in [-0.15, -0.1) is 0 Å². The molecule has 1 saturated heterocycles. The Morgan fingerprint density at radius 1 is 1.23 bits per heavy atom. The fraction of sp³-hybridized carbons (Fsp3) is 0.556. The lowest BCUT2D eigenvalue weighted by Gasteiger charge is -2.18. The van der Waals surface area contributed by atoms with Crippen molar-refractivity contribution >= 4 is 16.8 Å². The summed E-state index contributed by atoms with van der Waals surface area (Å²) in [5, 5.41) is 0. The lowest BCUT2D eigenvalue weighted by atomic mass is 10.1. The zero-order chi connectivity index (χ0) is 15.4. The second-order valence-corrected chi connectivity index (χ2v) is 6.20. The predicted octanol–water partition coefficient (Wildman–Crippen LogP) is 3.57. The van der Waals surface area contributed by atoms with Gasteiger partial charge in [0.2, 0.25) is 0 Å². The molecule has 1 N–H and O–H groups in total. The van der Waals surface area contributed by atoms with Crippen LogP contribution in [0.1, 0.15) is 55.2 Å². The number of likely N-dealkylation sites (tertiary alicyclic amines) is 1. The Morgan fingerprint density at radius 3 is 2.73 bits per heavy atom. The molecule has 0 amide bonds. The van der Waals surface area contributed by atoms with E-state index in [9.17, 15) is 4.79 Å². The first-order valence-electron chi connectivity index (χ1n) is 8.50. The molecule has 118 valence electrons. The van der Waals surface area contributed by atoms with Crippen molar-refractivity contribution in [1.29, 1.82) is 0 Å². The first-order chi connectivity index (χ1) is 10.8. The van der Waals surface area contributed by atoms with E-state index in [1.165, 1.54) is 25.7 Å². The molecule has 4 nitrogen and oxygen atoms in total. The molecule has 0 aliphatic carbocycles. The number of H-pyrrole nitrogens is 1. The highest BCUT2D eigenvalue weighted by Crippen LogP contribution is 2.16. The molecule has 2 heterocycles. The molecule has 1 aromatic carbocycles. The molecule has 1 aliphatic rings. The maximum Gasteiger partial charge on any atom is 0.164 e. The summed E-state index contributed by atoms with van der Waals surface area (Å²) in [4.78, 5) is 22.6. The SMILES string of the molecule is CCc1nc2ccc(C(=O)CCN3CCCCCC3)cc2[nH]1. The number of imidazole rings is 1. The van der Waals surface area contributed by atoms with Crippen LogP contribution < -0.4 is 0 Å². The highest BCUT2D eigenvalue weighted by Gasteiger charge is 2.13. The molecular formula is C18H25N3O. The van der Waals surface area contributed by atoms with Crippen LogP contribution >= 0.6 is 0 Å². The molecule has 3 rings (SSSR count). The largest absolute Gasteiger partial charge is 0.342 e. The molecule has 0 spiro atoms. The number of aromatic amines is 1. The molecule has 22 heavy (non-hydrogen) atoms. The van der Waals surface area contributed by atoms with Gasteiger partial charge in [0, 0.05) is 24.9 Å². The molecule has 0 radical (unpaired) electrons. The van der Waals surface area contributed by atoms with Crippen molar-refractivity contribution in [3.05, 3.63) is 29.6 Å². The minimum Gasteiger partial charge on any atom is -0.342 e. The number of hydrogen-bond acceptors (Lipinski definition) is 3. The van der Waals surface area contributed by atoms with Gasteiger partial charge in [-0.05, 0) is 44.1 Å². The zero-order valence-electron chi connectivity index (χ0n) is 13.4. The van der Waals surface area contributed by atoms with Crippen LogP contribution in [0.15, 0.2) is 18.2 Å². The lowest BCUT2D eigenvalue weighted by molar-refractivity contribution is 0.0965. The first-order valence-corrected chi connectivity index (χ1v) is 8.50. The second-order valence-electron chi connectivity index (χ2n) is 6.20. The quantitative estimate of drug-likeness (QED) is 0.859. The van der Waals surface area contributed by atoms with Gasteiger partial charge >= 0.3 is 0 Å². The number of aromatic nitrogens is 2. The van der Waals surface area contributed by atoms with Crippen LogP contribution in [0.3, 0.4) is 0 Å². The molecular weight excluding hydrogens is 274 g/mol. The van der Waals surface area contributed by atoms with Gasteiger partial charge in [0.05, 0.1) is 11.0 Å². The Hall–Kier alpha value is -1.68. The van der Waals surface area contributed by atoms with E-state index in [2.05, 4.69) is 21.8 Å². The van der Waals surface area contributed by atoms with Crippen molar-refractivity contribution in [2.24, 2.45) is 0 Å². The van der Waals surface area contributed by atoms with Crippen molar-refractivity contribution in [2.45, 2.75) is 45.4 Å². The number of hydrogen-bond donors (Lipinski definition) is 1. The summed E-state index contributed by atoms with van der Waals surface area (Å²) in [6, 6.07) is 5.81. The third kappa shape index (κ3) is 3.55. The molecule has 0 unspecified atom stereocenters. The highest BCUT2D eigenvalue weighted by molar-refractivity contribution is 5.99. The van der Waals surface area contributed by atoms with Gasteiger partial charge in [0.25, 0.3) is 0 Å². The van der Waals surface area contributed by atoms with Crippen molar-refractivity contribution in [2.75, 3.05) is 19.6 Å². The van der Waals surface area contributed by atoms with E-state index >= 15 is 0 Å². The summed E-state index contributed by atoms with van der Waals surface area (Å²) in [5.74, 6) is 1.21. The third-order valence-corrected chi connectivity index (χ3v) is 4.54. The van der Waals surface area contributed by atoms with Crippen LogP contribution in [-0.2, 0) is 6.42 Å². The zero-order valence-corrected chi connectivity index (χ0v) is 13.4. The van der Waals surface area contributed by atoms with Crippen molar-refractivity contribution in [3.63, 3.8) is 0 Å². The Balaban J connectivity index is 1.63. The number of nitrogens with zero attached hydrogens (tertiary/aromatic N) is 2. The molecule has 0 bridgehead atoms. The predicted molar refractivity (Wildman–Crippen MR) is 89.3 cm³/mol. The van der Waals surface area contributed by atoms with Crippen molar-refractivity contribution < 1.29 is 4.79 Å². The Labute approximate surface area is 131 Å². The van der Waals surface area contributed by atoms with Crippen LogP contribution in [0.25, 0.3) is 11.0 Å². The number of rotatable bonds is 5. The number of carbonyl (C=O) groups is 1. The van der Waals surface area contributed by atoms with Gasteiger partial charge in [-0.1, -0.05) is 19.8 Å². The van der Waals surface area contributed by atoms with Crippen LogP contribution in [-0.4, -0.2) is 40.3 Å². The number of fused-ring (bicyclic) bond motifs is 1. The van der Waals surface area contributed by atoms with Gasteiger partial charge in [0.15, 0.2) is 5.78 Å². The number of Topliss-reactive ketones (excluding diaryl/α,β-unsaturated/α-hetero) is 1. The normalized spacial score (nSPS) is 16.8. The molecule has 0 atom stereocenters. The Kier molecular flexibility index (Phi) is 4.88. The topological polar surface area (TPSA) is 49.0 Å². The molecule has 1 aliphatic heterocycles. The average Bonchev–Trinajstić information content (AvgIpc) is 2.78. The maximum absolute atomic E-state index is 12.4. The lowest BCUT2D eigenvalue weighted by Crippen LogP contribution is -2.27. The van der Waals surface area contributed by atoms with E-state index in [0.29, 0.717) is 6.42 Å². The maximum atomic E-state index is 12.4. The van der Waals surface area contributed by atoms with Crippen LogP contribution in [0.4, 0.5) is 0 Å². The summed E-state index contributed by atoms with van der Waals surface area (Å²) in [7, 11) is 0. The van der Waals surface area contributed by atoms with E-state index in [4.69, 9.17) is 0 Å². The third-order valence-electron chi connectivity index (χ3n) is 4.54. The number of benzene rings is 1. The van der Waals surface area contributed by atoms with E-state index in [1.807, 2.05) is 18.2 Å². The molecule has 0 saturated carbocycles. The van der Waals surface area contributed by atoms with Gasteiger partial charge < -0.3 is 9.88 Å². The molecule has 2 aromatic rings. The van der Waals surface area contributed by atoms with Crippen molar-refractivity contribution in [1.82, 2.24) is 14.9 Å². The summed E-state index contributed by atoms with van der Waals surface area (Å²) >= 11 is 0. The minimum absolute atomic E-state index is 0.235. The fourth-order valence-corrected chi connectivity index (χ4v) is 3.17. The summed E-state index contributed by atoms with van der Waals surface area (Å²) in [5.41, 5.74) is 2.71. The van der Waals surface area contributed by atoms with Crippen LogP contribution in [0.2, 0.25) is 0 Å². The van der Waals surface area contributed by atoms with E-state index in [0.717, 1.165) is 48.5 Å². The Morgan fingerprint density at radius 2 is 2.00 bits per heavy atom. The minimum atomic E-state index is 0.235. The van der Waals surface area contributed by atoms with Crippen molar-refractivity contribution in [3.8, 4) is 0 Å². The second kappa shape index (κ2) is 7.05. The van der Waals surface area contributed by atoms with E-state index < -0.39 is 0 Å². The number of carbonyl (C=O) groups excluding carboxylic acids is 1. The average molecular weight is 299 g/mol.